The summed E-state index contributed by atoms with van der Waals surface area (Å²) in [6, 6.07) is 8.68. The van der Waals surface area contributed by atoms with Crippen LogP contribution in [0, 0.1) is 26.7 Å². The number of amides is 1. The summed E-state index contributed by atoms with van der Waals surface area (Å²) in [4.78, 5) is 24.9. The average molecular weight is 461 g/mol. The Morgan fingerprint density at radius 1 is 0.971 bits per heavy atom. The highest BCUT2D eigenvalue weighted by Gasteiger charge is 2.32. The molecule has 2 fully saturated rings. The molecule has 1 amide bonds. The second-order valence-electron chi connectivity index (χ2n) is 9.80. The van der Waals surface area contributed by atoms with Gasteiger partial charge >= 0.3 is 0 Å². The summed E-state index contributed by atoms with van der Waals surface area (Å²) in [5.74, 6) is 1.45. The van der Waals surface area contributed by atoms with Gasteiger partial charge in [0, 0.05) is 69.0 Å². The van der Waals surface area contributed by atoms with E-state index < -0.39 is 0 Å². The van der Waals surface area contributed by atoms with Crippen molar-refractivity contribution in [3.8, 4) is 0 Å². The average Bonchev–Trinajstić information content (AvgIpc) is 3.21. The molecule has 7 heteroatoms. The quantitative estimate of drug-likeness (QED) is 0.590. The van der Waals surface area contributed by atoms with E-state index in [2.05, 4.69) is 71.3 Å². The first-order valence-corrected chi connectivity index (χ1v) is 12.6. The van der Waals surface area contributed by atoms with Gasteiger partial charge in [-0.3, -0.25) is 9.48 Å². The summed E-state index contributed by atoms with van der Waals surface area (Å²) in [5, 5.41) is 5.86. The van der Waals surface area contributed by atoms with E-state index in [1.165, 1.54) is 22.2 Å². The van der Waals surface area contributed by atoms with Crippen molar-refractivity contribution in [1.29, 1.82) is 0 Å². The number of piperidine rings is 1. The molecule has 0 atom stereocenters. The van der Waals surface area contributed by atoms with Gasteiger partial charge in [0.05, 0.1) is 5.69 Å². The minimum Gasteiger partial charge on any atom is -0.368 e. The Balaban J connectivity index is 1.21. The second kappa shape index (κ2) is 9.28. The van der Waals surface area contributed by atoms with Crippen LogP contribution in [0.15, 0.2) is 30.5 Å². The van der Waals surface area contributed by atoms with Crippen molar-refractivity contribution in [2.45, 2.75) is 47.1 Å². The Morgan fingerprint density at radius 3 is 2.41 bits per heavy atom. The molecule has 0 N–H and O–H groups in total. The van der Waals surface area contributed by atoms with Crippen LogP contribution in [0.2, 0.25) is 0 Å². The summed E-state index contributed by atoms with van der Waals surface area (Å²) in [7, 11) is 0. The summed E-state index contributed by atoms with van der Waals surface area (Å²) in [6.07, 6.45) is 3.65. The maximum absolute atomic E-state index is 13.3. The number of nitrogens with zero attached hydrogens (tertiary/aromatic N) is 6. The van der Waals surface area contributed by atoms with Crippen LogP contribution >= 0.6 is 0 Å². The molecule has 0 saturated carbocycles. The molecule has 0 radical (unpaired) electrons. The van der Waals surface area contributed by atoms with Crippen LogP contribution in [-0.4, -0.2) is 64.8 Å². The Labute approximate surface area is 202 Å². The molecule has 5 rings (SSSR count). The van der Waals surface area contributed by atoms with Crippen molar-refractivity contribution in [3.63, 3.8) is 0 Å². The van der Waals surface area contributed by atoms with E-state index in [1.54, 1.807) is 0 Å². The van der Waals surface area contributed by atoms with E-state index in [1.807, 2.05) is 6.20 Å². The molecule has 4 heterocycles. The first kappa shape index (κ1) is 22.7. The second-order valence-corrected chi connectivity index (χ2v) is 9.80. The first-order chi connectivity index (χ1) is 16.5. The molecular formula is C27H36N6O. The van der Waals surface area contributed by atoms with Gasteiger partial charge in [-0.1, -0.05) is 12.1 Å². The lowest BCUT2D eigenvalue weighted by Crippen LogP contribution is -2.52. The Hall–Kier alpha value is -3.09. The first-order valence-electron chi connectivity index (χ1n) is 12.6. The van der Waals surface area contributed by atoms with Gasteiger partial charge in [-0.15, -0.1) is 0 Å². The lowest BCUT2D eigenvalue weighted by Gasteiger charge is -2.40. The van der Waals surface area contributed by atoms with Crippen molar-refractivity contribution >= 4 is 28.3 Å². The van der Waals surface area contributed by atoms with E-state index >= 15 is 0 Å². The molecule has 0 bridgehead atoms. The maximum atomic E-state index is 13.3. The van der Waals surface area contributed by atoms with Gasteiger partial charge in [0.2, 0.25) is 5.91 Å². The highest BCUT2D eigenvalue weighted by atomic mass is 16.2. The molecule has 2 aliphatic heterocycles. The highest BCUT2D eigenvalue weighted by molar-refractivity contribution is 5.91. The fraction of sp³-hybridized carbons (Fsp3) is 0.519. The fourth-order valence-corrected chi connectivity index (χ4v) is 5.56. The predicted octanol–water partition coefficient (Wildman–Crippen LogP) is 3.94. The van der Waals surface area contributed by atoms with Crippen LogP contribution in [0.4, 0.5) is 11.5 Å². The Morgan fingerprint density at radius 2 is 1.71 bits per heavy atom. The highest BCUT2D eigenvalue weighted by Crippen LogP contribution is 2.31. The van der Waals surface area contributed by atoms with E-state index in [-0.39, 0.29) is 5.92 Å². The molecule has 0 aliphatic carbocycles. The maximum Gasteiger partial charge on any atom is 0.225 e. The predicted molar refractivity (Wildman–Crippen MR) is 138 cm³/mol. The molecule has 0 spiro atoms. The van der Waals surface area contributed by atoms with E-state index in [4.69, 9.17) is 10.1 Å². The van der Waals surface area contributed by atoms with Gasteiger partial charge in [-0.05, 0) is 63.8 Å². The van der Waals surface area contributed by atoms with Crippen molar-refractivity contribution in [3.05, 3.63) is 47.3 Å². The van der Waals surface area contributed by atoms with Crippen LogP contribution in [0.25, 0.3) is 10.9 Å². The van der Waals surface area contributed by atoms with Crippen molar-refractivity contribution in [2.24, 2.45) is 5.92 Å². The normalized spacial score (nSPS) is 17.6. The molecule has 1 aromatic carbocycles. The number of piperazine rings is 1. The number of benzene rings is 1. The fourth-order valence-electron chi connectivity index (χ4n) is 5.56. The number of aryl methyl sites for hydroxylation is 4. The lowest BCUT2D eigenvalue weighted by atomic mass is 9.94. The molecular weight excluding hydrogens is 424 g/mol. The molecule has 3 aromatic rings. The van der Waals surface area contributed by atoms with Crippen LogP contribution in [-0.2, 0) is 11.3 Å². The number of aromatic nitrogens is 3. The largest absolute Gasteiger partial charge is 0.368 e. The van der Waals surface area contributed by atoms with Gasteiger partial charge in [-0.2, -0.15) is 5.10 Å². The summed E-state index contributed by atoms with van der Waals surface area (Å²) in [5.41, 5.74) is 6.07. The van der Waals surface area contributed by atoms with Crippen molar-refractivity contribution in [1.82, 2.24) is 19.7 Å². The summed E-state index contributed by atoms with van der Waals surface area (Å²) in [6.45, 7) is 14.5. The molecule has 7 nitrogen and oxygen atoms in total. The van der Waals surface area contributed by atoms with Crippen LogP contribution in [0.5, 0.6) is 0 Å². The number of anilines is 2. The summed E-state index contributed by atoms with van der Waals surface area (Å²) >= 11 is 0. The standard InChI is InChI=1S/C27H36N6O/c1-5-33-25-23(21(4)29-33)8-11-28-26(25)31-12-9-22(10-13-31)27(34)32-16-14-30(15-17-32)24-18-19(2)6-7-20(24)3/h6-8,11,18,22H,5,9-10,12-17H2,1-4H3. The zero-order valence-electron chi connectivity index (χ0n) is 20.9. The van der Waals surface area contributed by atoms with Gasteiger partial charge in [0.1, 0.15) is 5.52 Å². The number of hydrogen-bond acceptors (Lipinski definition) is 5. The molecule has 180 valence electrons. The molecule has 2 aromatic heterocycles. The van der Waals surface area contributed by atoms with Gasteiger partial charge in [-0.25, -0.2) is 4.98 Å². The SMILES string of the molecule is CCn1nc(C)c2ccnc(N3CCC(C(=O)N4CCN(c5cc(C)ccc5C)CC4)CC3)c21. The smallest absolute Gasteiger partial charge is 0.225 e. The number of hydrogen-bond donors (Lipinski definition) is 0. The Bertz CT molecular complexity index is 1190. The summed E-state index contributed by atoms with van der Waals surface area (Å²) < 4.78 is 2.06. The lowest BCUT2D eigenvalue weighted by molar-refractivity contribution is -0.136. The van der Waals surface area contributed by atoms with Crippen molar-refractivity contribution in [2.75, 3.05) is 49.1 Å². The van der Waals surface area contributed by atoms with E-state index in [9.17, 15) is 4.79 Å². The van der Waals surface area contributed by atoms with Gasteiger partial charge < -0.3 is 14.7 Å². The number of pyridine rings is 1. The minimum absolute atomic E-state index is 0.112. The van der Waals surface area contributed by atoms with Crippen LogP contribution in [0.3, 0.4) is 0 Å². The molecule has 2 aliphatic rings. The molecule has 34 heavy (non-hydrogen) atoms. The Kier molecular flexibility index (Phi) is 6.19. The van der Waals surface area contributed by atoms with E-state index in [0.717, 1.165) is 75.7 Å². The monoisotopic (exact) mass is 460 g/mol. The van der Waals surface area contributed by atoms with Gasteiger partial charge in [0.25, 0.3) is 0 Å². The number of rotatable bonds is 4. The van der Waals surface area contributed by atoms with Crippen LogP contribution in [0.1, 0.15) is 36.6 Å². The molecule has 2 saturated heterocycles. The number of carbonyl (C=O) groups is 1. The van der Waals surface area contributed by atoms with Crippen LogP contribution < -0.4 is 9.80 Å². The van der Waals surface area contributed by atoms with Gasteiger partial charge in [0.15, 0.2) is 5.82 Å². The third kappa shape index (κ3) is 4.12. The zero-order chi connectivity index (χ0) is 23.8. The third-order valence-electron chi connectivity index (χ3n) is 7.56. The number of fused-ring (bicyclic) bond motifs is 1. The van der Waals surface area contributed by atoms with E-state index in [0.29, 0.717) is 5.91 Å². The molecule has 0 unspecified atom stereocenters. The topological polar surface area (TPSA) is 57.5 Å². The van der Waals surface area contributed by atoms with Crippen molar-refractivity contribution < 1.29 is 4.79 Å². The zero-order valence-corrected chi connectivity index (χ0v) is 20.9. The number of carbonyl (C=O) groups excluding carboxylic acids is 1. The third-order valence-corrected chi connectivity index (χ3v) is 7.56. The minimum atomic E-state index is 0.112.